The van der Waals surface area contributed by atoms with Crippen molar-refractivity contribution in [2.24, 2.45) is 0 Å². The molecule has 1 unspecified atom stereocenters. The number of alkyl halides is 1. The second kappa shape index (κ2) is 15.8. The van der Waals surface area contributed by atoms with Crippen LogP contribution in [-0.4, -0.2) is 17.8 Å². The summed E-state index contributed by atoms with van der Waals surface area (Å²) in [4.78, 5) is 4.59. The molecule has 172 valence electrons. The fourth-order valence-electron chi connectivity index (χ4n) is 3.80. The Hall–Kier alpha value is -1.90. The van der Waals surface area contributed by atoms with Crippen LogP contribution in [0.3, 0.4) is 0 Å². The number of ether oxygens (including phenoxy) is 1. The average molecular weight is 428 g/mol. The smallest absolute Gasteiger partial charge is 0.119 e. The highest BCUT2D eigenvalue weighted by Crippen LogP contribution is 2.22. The van der Waals surface area contributed by atoms with Gasteiger partial charge in [0.05, 0.1) is 12.3 Å². The molecule has 0 N–H and O–H groups in total. The molecule has 0 spiro atoms. The van der Waals surface area contributed by atoms with Gasteiger partial charge in [0, 0.05) is 11.8 Å². The van der Waals surface area contributed by atoms with Gasteiger partial charge in [0.25, 0.3) is 0 Å². The molecule has 1 aromatic carbocycles. The summed E-state index contributed by atoms with van der Waals surface area (Å²) in [6.45, 7) is 5.19. The lowest BCUT2D eigenvalue weighted by atomic mass is 10.0. The zero-order chi connectivity index (χ0) is 22.2. The van der Waals surface area contributed by atoms with Gasteiger partial charge >= 0.3 is 0 Å². The minimum absolute atomic E-state index is 0.593. The summed E-state index contributed by atoms with van der Waals surface area (Å²) in [6.07, 6.45) is 15.6. The molecule has 0 bridgehead atoms. The third kappa shape index (κ3) is 10.8. The van der Waals surface area contributed by atoms with Gasteiger partial charge in [-0.3, -0.25) is 4.98 Å². The van der Waals surface area contributed by atoms with E-state index < -0.39 is 6.17 Å². The normalized spacial score (nSPS) is 12.1. The first-order chi connectivity index (χ1) is 15.2. The second-order valence-electron chi connectivity index (χ2n) is 8.68. The Morgan fingerprint density at radius 1 is 0.774 bits per heavy atom. The Labute approximate surface area is 189 Å². The van der Waals surface area contributed by atoms with Crippen molar-refractivity contribution in [1.82, 2.24) is 4.98 Å². The van der Waals surface area contributed by atoms with Crippen molar-refractivity contribution in [3.8, 4) is 17.0 Å². The van der Waals surface area contributed by atoms with Gasteiger partial charge in [-0.05, 0) is 61.6 Å². The third-order valence-electron chi connectivity index (χ3n) is 5.86. The van der Waals surface area contributed by atoms with Crippen LogP contribution in [0.5, 0.6) is 5.75 Å². The number of benzene rings is 1. The number of aryl methyl sites for hydroxylation is 1. The Bertz CT molecular complexity index is 683. The molecule has 31 heavy (non-hydrogen) atoms. The Morgan fingerprint density at radius 2 is 1.45 bits per heavy atom. The predicted octanol–water partition coefficient (Wildman–Crippen LogP) is 8.73. The van der Waals surface area contributed by atoms with E-state index in [9.17, 15) is 4.39 Å². The van der Waals surface area contributed by atoms with E-state index in [1.54, 1.807) is 0 Å². The van der Waals surface area contributed by atoms with Gasteiger partial charge in [-0.25, -0.2) is 4.39 Å². The highest BCUT2D eigenvalue weighted by molar-refractivity contribution is 5.60. The summed E-state index contributed by atoms with van der Waals surface area (Å²) in [5.74, 6) is 0.920. The van der Waals surface area contributed by atoms with E-state index in [1.807, 2.05) is 24.4 Å². The molecule has 1 aromatic heterocycles. The zero-order valence-corrected chi connectivity index (χ0v) is 19.8. The number of hydrogen-bond donors (Lipinski definition) is 0. The van der Waals surface area contributed by atoms with Gasteiger partial charge in [0.2, 0.25) is 0 Å². The maximum atomic E-state index is 14.0. The molecular weight excluding hydrogens is 385 g/mol. The Balaban J connectivity index is 1.68. The number of unbranched alkanes of at least 4 members (excludes halogenated alkanes) is 8. The lowest BCUT2D eigenvalue weighted by Crippen LogP contribution is -2.02. The fourth-order valence-corrected chi connectivity index (χ4v) is 3.80. The molecule has 2 aromatic rings. The van der Waals surface area contributed by atoms with E-state index in [4.69, 9.17) is 4.74 Å². The SMILES string of the molecule is CCCCCCCCCOc1ccc(-c2ccc(CCC(F)CCCCC)cn2)cc1. The Morgan fingerprint density at radius 3 is 2.13 bits per heavy atom. The Kier molecular flexibility index (Phi) is 13.0. The average Bonchev–Trinajstić information content (AvgIpc) is 2.80. The predicted molar refractivity (Wildman–Crippen MR) is 131 cm³/mol. The van der Waals surface area contributed by atoms with Crippen molar-refractivity contribution in [3.63, 3.8) is 0 Å². The van der Waals surface area contributed by atoms with Crippen LogP contribution in [0.4, 0.5) is 4.39 Å². The molecule has 0 saturated heterocycles. The van der Waals surface area contributed by atoms with E-state index in [-0.39, 0.29) is 0 Å². The molecule has 2 nitrogen and oxygen atoms in total. The van der Waals surface area contributed by atoms with Crippen molar-refractivity contribution in [2.75, 3.05) is 6.61 Å². The largest absolute Gasteiger partial charge is 0.494 e. The molecule has 0 aliphatic rings. The van der Waals surface area contributed by atoms with Crippen molar-refractivity contribution in [2.45, 2.75) is 103 Å². The number of hydrogen-bond acceptors (Lipinski definition) is 2. The molecule has 0 saturated carbocycles. The molecule has 0 amide bonds. The van der Waals surface area contributed by atoms with Gasteiger partial charge in [-0.2, -0.15) is 0 Å². The van der Waals surface area contributed by atoms with E-state index in [1.165, 1.54) is 38.5 Å². The first kappa shape index (κ1) is 25.4. The zero-order valence-electron chi connectivity index (χ0n) is 19.8. The second-order valence-corrected chi connectivity index (χ2v) is 8.68. The summed E-state index contributed by atoms with van der Waals surface area (Å²) in [5.41, 5.74) is 3.14. The molecular formula is C28H42FNO. The molecule has 3 heteroatoms. The number of rotatable bonds is 17. The van der Waals surface area contributed by atoms with Gasteiger partial charge in [0.15, 0.2) is 0 Å². The van der Waals surface area contributed by atoms with Gasteiger partial charge < -0.3 is 4.74 Å². The minimum atomic E-state index is -0.695. The summed E-state index contributed by atoms with van der Waals surface area (Å²) in [6, 6.07) is 12.3. The molecule has 1 atom stereocenters. The molecule has 2 rings (SSSR count). The monoisotopic (exact) mass is 427 g/mol. The lowest BCUT2D eigenvalue weighted by Gasteiger charge is -2.09. The van der Waals surface area contributed by atoms with E-state index >= 15 is 0 Å². The number of nitrogens with zero attached hydrogens (tertiary/aromatic N) is 1. The standard InChI is InChI=1S/C28H42FNO/c1-3-5-7-8-9-10-12-22-31-27-19-16-25(17-20-27)28-21-15-24(23-30-28)14-18-26(29)13-11-6-4-2/h15-17,19-21,23,26H,3-14,18,22H2,1-2H3. The van der Waals surface area contributed by atoms with Crippen LogP contribution in [0.15, 0.2) is 42.6 Å². The maximum absolute atomic E-state index is 14.0. The lowest BCUT2D eigenvalue weighted by molar-refractivity contribution is 0.288. The van der Waals surface area contributed by atoms with Crippen LogP contribution >= 0.6 is 0 Å². The first-order valence-corrected chi connectivity index (χ1v) is 12.5. The molecule has 0 aliphatic carbocycles. The van der Waals surface area contributed by atoms with E-state index in [0.717, 1.165) is 61.3 Å². The van der Waals surface area contributed by atoms with Crippen molar-refractivity contribution in [3.05, 3.63) is 48.2 Å². The van der Waals surface area contributed by atoms with Crippen molar-refractivity contribution in [1.29, 1.82) is 0 Å². The number of pyridine rings is 1. The van der Waals surface area contributed by atoms with Crippen LogP contribution in [0, 0.1) is 0 Å². The fraction of sp³-hybridized carbons (Fsp3) is 0.607. The van der Waals surface area contributed by atoms with Gasteiger partial charge in [-0.15, -0.1) is 0 Å². The maximum Gasteiger partial charge on any atom is 0.119 e. The van der Waals surface area contributed by atoms with Crippen LogP contribution < -0.4 is 4.74 Å². The van der Waals surface area contributed by atoms with Crippen LogP contribution in [0.25, 0.3) is 11.3 Å². The number of halogens is 1. The summed E-state index contributed by atoms with van der Waals surface area (Å²) < 4.78 is 19.8. The highest BCUT2D eigenvalue weighted by atomic mass is 19.1. The van der Waals surface area contributed by atoms with Gasteiger partial charge in [0.1, 0.15) is 11.9 Å². The summed E-state index contributed by atoms with van der Waals surface area (Å²) in [5, 5.41) is 0. The molecule has 0 fully saturated rings. The molecule has 0 aliphatic heterocycles. The van der Waals surface area contributed by atoms with Crippen molar-refractivity contribution >= 4 is 0 Å². The van der Waals surface area contributed by atoms with E-state index in [2.05, 4.69) is 37.0 Å². The van der Waals surface area contributed by atoms with Gasteiger partial charge in [-0.1, -0.05) is 77.7 Å². The van der Waals surface area contributed by atoms with Crippen LogP contribution in [-0.2, 0) is 6.42 Å². The van der Waals surface area contributed by atoms with Crippen molar-refractivity contribution < 1.29 is 9.13 Å². The summed E-state index contributed by atoms with van der Waals surface area (Å²) in [7, 11) is 0. The highest BCUT2D eigenvalue weighted by Gasteiger charge is 2.07. The number of aromatic nitrogens is 1. The third-order valence-corrected chi connectivity index (χ3v) is 5.86. The molecule has 0 radical (unpaired) electrons. The quantitative estimate of drug-likeness (QED) is 0.235. The molecule has 1 heterocycles. The van der Waals surface area contributed by atoms with E-state index in [0.29, 0.717) is 12.8 Å². The first-order valence-electron chi connectivity index (χ1n) is 12.5. The van der Waals surface area contributed by atoms with Crippen LogP contribution in [0.1, 0.15) is 96.5 Å². The minimum Gasteiger partial charge on any atom is -0.494 e. The summed E-state index contributed by atoms with van der Waals surface area (Å²) >= 11 is 0. The van der Waals surface area contributed by atoms with Crippen LogP contribution in [0.2, 0.25) is 0 Å². The topological polar surface area (TPSA) is 22.1 Å².